The highest BCUT2D eigenvalue weighted by atomic mass is 31.2. The van der Waals surface area contributed by atoms with Crippen LogP contribution in [0.25, 0.3) is 0 Å². The molecule has 0 aliphatic rings. The molecule has 0 saturated carbocycles. The second kappa shape index (κ2) is 76.5. The fourth-order valence-electron chi connectivity index (χ4n) is 10.7. The van der Waals surface area contributed by atoms with Gasteiger partial charge in [0.1, 0.15) is 19.8 Å². The molecule has 0 amide bonds. The highest BCUT2D eigenvalue weighted by molar-refractivity contribution is 7.45. The average Bonchev–Trinajstić information content (AvgIpc) is 1.23. The lowest BCUT2D eigenvalue weighted by Crippen LogP contribution is -2.37. The van der Waals surface area contributed by atoms with Crippen molar-refractivity contribution in [1.29, 1.82) is 0 Å². The summed E-state index contributed by atoms with van der Waals surface area (Å²) in [7, 11) is 1.12. The maximum Gasteiger partial charge on any atom is 0.306 e. The Hall–Kier alpha value is -4.63. The molecule has 98 heavy (non-hydrogen) atoms. The van der Waals surface area contributed by atoms with E-state index in [2.05, 4.69) is 184 Å². The van der Waals surface area contributed by atoms with E-state index in [0.29, 0.717) is 17.4 Å². The summed E-state index contributed by atoms with van der Waals surface area (Å²) in [4.78, 5) is 38.1. The Morgan fingerprint density at radius 2 is 0.582 bits per heavy atom. The molecule has 0 rings (SSSR count). The second-order valence-corrected chi connectivity index (χ2v) is 28.8. The minimum atomic E-state index is -4.67. The molecule has 2 unspecified atom stereocenters. The molecule has 0 saturated heterocycles. The number of phosphoric acid groups is 1. The Morgan fingerprint density at radius 3 is 0.888 bits per heavy atom. The molecule has 0 aliphatic carbocycles. The van der Waals surface area contributed by atoms with E-state index in [-0.39, 0.29) is 26.1 Å². The predicted octanol–water partition coefficient (Wildman–Crippen LogP) is 26.2. The van der Waals surface area contributed by atoms with Gasteiger partial charge >= 0.3 is 11.9 Å². The SMILES string of the molecule is CC/C=C\C/C=C\C/C=C\C/C=C\C/C=C\C/C=C\C/C=C\C/C=C\C/C=C\C/C=C\C/C=C\C/C=C\CCCCC(=O)OC(COC(=O)CCCCCCCCCCCCCCCCCCCCCCCCC/C=C\C/C=C\CCCCCCC)COP(=O)([O-])OCC[N+](C)(C)C. The maximum atomic E-state index is 12.9. The molecular formula is C88H148NO8P. The first-order valence-corrected chi connectivity index (χ1v) is 41.3. The van der Waals surface area contributed by atoms with Crippen LogP contribution in [-0.2, 0) is 32.7 Å². The minimum absolute atomic E-state index is 0.0467. The zero-order valence-electron chi connectivity index (χ0n) is 63.7. The lowest BCUT2D eigenvalue weighted by atomic mass is 10.0. The van der Waals surface area contributed by atoms with Crippen LogP contribution in [0.2, 0.25) is 0 Å². The van der Waals surface area contributed by atoms with Crippen LogP contribution in [0.3, 0.4) is 0 Å². The molecule has 0 aromatic heterocycles. The van der Waals surface area contributed by atoms with Crippen LogP contribution in [0.1, 0.15) is 322 Å². The molecule has 2 atom stereocenters. The summed E-state index contributed by atoms with van der Waals surface area (Å²) in [5.41, 5.74) is 0. The van der Waals surface area contributed by atoms with Crippen molar-refractivity contribution >= 4 is 19.8 Å². The lowest BCUT2D eigenvalue weighted by molar-refractivity contribution is -0.870. The fraction of sp³-hybridized carbons (Fsp3) is 0.659. The highest BCUT2D eigenvalue weighted by Gasteiger charge is 2.22. The van der Waals surface area contributed by atoms with Crippen molar-refractivity contribution < 1.29 is 42.1 Å². The van der Waals surface area contributed by atoms with E-state index in [4.69, 9.17) is 18.5 Å². The summed E-state index contributed by atoms with van der Waals surface area (Å²) in [5.74, 6) is -0.885. The van der Waals surface area contributed by atoms with Gasteiger partial charge in [-0.2, -0.15) is 0 Å². The molecule has 0 radical (unpaired) electrons. The number of likely N-dealkylation sites (N-methyl/N-ethyl adjacent to an activating group) is 1. The van der Waals surface area contributed by atoms with Crippen molar-refractivity contribution in [3.8, 4) is 0 Å². The molecular weight excluding hydrogens is 1230 g/mol. The molecule has 0 fully saturated rings. The second-order valence-electron chi connectivity index (χ2n) is 27.3. The van der Waals surface area contributed by atoms with Crippen molar-refractivity contribution in [1.82, 2.24) is 0 Å². The number of phosphoric ester groups is 1. The van der Waals surface area contributed by atoms with E-state index in [1.165, 1.54) is 173 Å². The Bertz CT molecular complexity index is 2270. The Kier molecular flexibility index (Phi) is 72.9. The van der Waals surface area contributed by atoms with Crippen molar-refractivity contribution in [2.75, 3.05) is 47.5 Å². The summed E-state index contributed by atoms with van der Waals surface area (Å²) in [6.07, 6.45) is 116. The number of esters is 2. The zero-order chi connectivity index (χ0) is 71.1. The molecule has 558 valence electrons. The summed E-state index contributed by atoms with van der Waals surface area (Å²) < 4.78 is 34.3. The Labute approximate surface area is 604 Å². The first-order chi connectivity index (χ1) is 48.0. The smallest absolute Gasteiger partial charge is 0.306 e. The van der Waals surface area contributed by atoms with Crippen LogP contribution in [0.15, 0.2) is 170 Å². The van der Waals surface area contributed by atoms with Crippen LogP contribution < -0.4 is 4.89 Å². The van der Waals surface area contributed by atoms with Crippen molar-refractivity contribution in [3.05, 3.63) is 170 Å². The van der Waals surface area contributed by atoms with Crippen LogP contribution in [0.5, 0.6) is 0 Å². The van der Waals surface area contributed by atoms with Gasteiger partial charge in [0, 0.05) is 12.8 Å². The van der Waals surface area contributed by atoms with E-state index < -0.39 is 32.5 Å². The van der Waals surface area contributed by atoms with Crippen LogP contribution >= 0.6 is 7.82 Å². The first kappa shape index (κ1) is 93.4. The number of hydrogen-bond acceptors (Lipinski definition) is 8. The van der Waals surface area contributed by atoms with Gasteiger partial charge in [0.15, 0.2) is 6.10 Å². The van der Waals surface area contributed by atoms with Crippen LogP contribution in [0.4, 0.5) is 0 Å². The summed E-state index contributed by atoms with van der Waals surface area (Å²) in [6.45, 7) is 4.08. The summed E-state index contributed by atoms with van der Waals surface area (Å²) in [6, 6.07) is 0. The number of quaternary nitrogens is 1. The minimum Gasteiger partial charge on any atom is -0.756 e. The topological polar surface area (TPSA) is 111 Å². The van der Waals surface area contributed by atoms with Gasteiger partial charge < -0.3 is 27.9 Å². The number of carbonyl (C=O) groups excluding carboxylic acids is 2. The third kappa shape index (κ3) is 80.3. The summed E-state index contributed by atoms with van der Waals surface area (Å²) >= 11 is 0. The van der Waals surface area contributed by atoms with Gasteiger partial charge in [-0.05, 0) is 135 Å². The van der Waals surface area contributed by atoms with E-state index >= 15 is 0 Å². The van der Waals surface area contributed by atoms with Crippen LogP contribution in [0, 0.1) is 0 Å². The molecule has 0 heterocycles. The van der Waals surface area contributed by atoms with Gasteiger partial charge in [0.2, 0.25) is 0 Å². The number of hydrogen-bond donors (Lipinski definition) is 0. The molecule has 0 N–H and O–H groups in total. The molecule has 10 heteroatoms. The predicted molar refractivity (Wildman–Crippen MR) is 424 cm³/mol. The van der Waals surface area contributed by atoms with Gasteiger partial charge in [0.25, 0.3) is 7.82 Å². The van der Waals surface area contributed by atoms with Gasteiger partial charge in [0.05, 0.1) is 27.7 Å². The van der Waals surface area contributed by atoms with Gasteiger partial charge in [-0.15, -0.1) is 0 Å². The number of allylic oxidation sites excluding steroid dienone is 28. The Morgan fingerprint density at radius 1 is 0.327 bits per heavy atom. The van der Waals surface area contributed by atoms with Crippen molar-refractivity contribution in [2.24, 2.45) is 0 Å². The standard InChI is InChI=1S/C88H148NO8P/c1-6-8-10-12-14-16-18-20-22-24-26-28-30-32-34-36-38-40-42-43-44-45-47-49-51-53-55-57-59-61-63-65-67-69-71-73-75-77-79-81-88(91)97-86(85-96-98(92,93)95-83-82-89(3,4)5)84-94-87(90)80-78-76-74-72-70-68-66-64-62-60-58-56-54-52-50-48-46-41-39-37-35-33-31-29-27-25-23-21-19-17-15-13-11-9-7-2/h8,10,14,16,19-22,25-28,32,34,38,40,43-44,47,49,53,55,59,61,65,67,71,73,86H,6-7,9,11-13,15,17-18,23-24,29-31,33,35-37,39,41-42,45-46,48,50-52,54,56-58,60,62-64,66,68-70,72,74-85H2,1-5H3/b10-8-,16-14-,21-19-,22-20-,27-25-,28-26-,34-32-,40-38-,44-43-,49-47-,55-53-,61-59-,67-65-,73-71-. The zero-order valence-corrected chi connectivity index (χ0v) is 64.6. The number of rotatable bonds is 72. The van der Waals surface area contributed by atoms with E-state index in [1.54, 1.807) is 0 Å². The highest BCUT2D eigenvalue weighted by Crippen LogP contribution is 2.38. The third-order valence-electron chi connectivity index (χ3n) is 16.7. The normalized spacial score (nSPS) is 14.0. The number of ether oxygens (including phenoxy) is 2. The van der Waals surface area contributed by atoms with Gasteiger partial charge in [-0.25, -0.2) is 0 Å². The largest absolute Gasteiger partial charge is 0.756 e. The monoisotopic (exact) mass is 1380 g/mol. The quantitative estimate of drug-likeness (QED) is 0.0195. The maximum absolute atomic E-state index is 12.9. The third-order valence-corrected chi connectivity index (χ3v) is 17.7. The number of carbonyl (C=O) groups is 2. The summed E-state index contributed by atoms with van der Waals surface area (Å²) in [5, 5.41) is 0. The van der Waals surface area contributed by atoms with E-state index in [0.717, 1.165) is 116 Å². The van der Waals surface area contributed by atoms with Crippen molar-refractivity contribution in [2.45, 2.75) is 328 Å². The number of unbranched alkanes of at least 4 members (excludes halogenated alkanes) is 30. The Balaban J connectivity index is 4.10. The average molecular weight is 1380 g/mol. The van der Waals surface area contributed by atoms with Gasteiger partial charge in [-0.3, -0.25) is 14.2 Å². The molecule has 0 aliphatic heterocycles. The van der Waals surface area contributed by atoms with E-state index in [1.807, 2.05) is 21.1 Å². The molecule has 0 aromatic carbocycles. The van der Waals surface area contributed by atoms with E-state index in [9.17, 15) is 19.0 Å². The molecule has 0 aromatic rings. The molecule has 0 spiro atoms. The van der Waals surface area contributed by atoms with Crippen molar-refractivity contribution in [3.63, 3.8) is 0 Å². The lowest BCUT2D eigenvalue weighted by Gasteiger charge is -2.28. The molecule has 9 nitrogen and oxygen atoms in total. The van der Waals surface area contributed by atoms with Gasteiger partial charge in [-0.1, -0.05) is 344 Å². The van der Waals surface area contributed by atoms with Crippen LogP contribution in [-0.4, -0.2) is 70.0 Å². The fourth-order valence-corrected chi connectivity index (χ4v) is 11.4. The first-order valence-electron chi connectivity index (χ1n) is 39.8. The molecule has 0 bridgehead atoms. The number of nitrogens with zero attached hydrogens (tertiary/aromatic N) is 1.